The number of thioether (sulfide) groups is 1. The van der Waals surface area contributed by atoms with Crippen LogP contribution in [-0.2, 0) is 0 Å². The SMILES string of the molecule is OC(CC1CC1)c1ccc(SC(F)(F)F)cc1. The van der Waals surface area contributed by atoms with Crippen molar-refractivity contribution >= 4 is 11.8 Å². The molecule has 2 rings (SSSR count). The van der Waals surface area contributed by atoms with Crippen LogP contribution >= 0.6 is 11.8 Å². The van der Waals surface area contributed by atoms with Gasteiger partial charge in [-0.1, -0.05) is 25.0 Å². The van der Waals surface area contributed by atoms with E-state index < -0.39 is 11.6 Å². The lowest BCUT2D eigenvalue weighted by molar-refractivity contribution is -0.0328. The van der Waals surface area contributed by atoms with E-state index in [-0.39, 0.29) is 16.7 Å². The van der Waals surface area contributed by atoms with Crippen molar-refractivity contribution in [3.05, 3.63) is 29.8 Å². The molecule has 0 spiro atoms. The Hall–Kier alpha value is -0.680. The summed E-state index contributed by atoms with van der Waals surface area (Å²) >= 11 is -0.134. The number of halogens is 3. The second-order valence-electron chi connectivity index (χ2n) is 4.31. The van der Waals surface area contributed by atoms with Gasteiger partial charge in [-0.15, -0.1) is 0 Å². The monoisotopic (exact) mass is 262 g/mol. The zero-order valence-corrected chi connectivity index (χ0v) is 9.89. The van der Waals surface area contributed by atoms with Crippen molar-refractivity contribution in [1.29, 1.82) is 0 Å². The molecule has 94 valence electrons. The van der Waals surface area contributed by atoms with Crippen LogP contribution in [0.2, 0.25) is 0 Å². The molecule has 1 saturated carbocycles. The average Bonchev–Trinajstić information content (AvgIpc) is 3.00. The predicted molar refractivity (Wildman–Crippen MR) is 60.7 cm³/mol. The van der Waals surface area contributed by atoms with Gasteiger partial charge in [0.25, 0.3) is 0 Å². The van der Waals surface area contributed by atoms with Crippen LogP contribution in [0.5, 0.6) is 0 Å². The molecular weight excluding hydrogens is 249 g/mol. The maximum atomic E-state index is 12.1. The van der Waals surface area contributed by atoms with E-state index in [9.17, 15) is 18.3 Å². The van der Waals surface area contributed by atoms with Gasteiger partial charge in [0.1, 0.15) is 0 Å². The van der Waals surface area contributed by atoms with Crippen molar-refractivity contribution in [2.24, 2.45) is 5.92 Å². The quantitative estimate of drug-likeness (QED) is 0.823. The second-order valence-corrected chi connectivity index (χ2v) is 5.45. The van der Waals surface area contributed by atoms with E-state index in [1.807, 2.05) is 0 Å². The Labute approximate surface area is 102 Å². The molecule has 1 aromatic rings. The van der Waals surface area contributed by atoms with Crippen LogP contribution in [0, 0.1) is 5.92 Å². The number of benzene rings is 1. The van der Waals surface area contributed by atoms with Crippen molar-refractivity contribution in [3.63, 3.8) is 0 Å². The molecule has 1 aliphatic carbocycles. The Morgan fingerprint density at radius 1 is 1.24 bits per heavy atom. The molecule has 0 bridgehead atoms. The molecule has 1 fully saturated rings. The van der Waals surface area contributed by atoms with E-state index >= 15 is 0 Å². The Morgan fingerprint density at radius 2 is 1.82 bits per heavy atom. The molecule has 0 saturated heterocycles. The first kappa shape index (κ1) is 12.8. The lowest BCUT2D eigenvalue weighted by Crippen LogP contribution is -2.00. The summed E-state index contributed by atoms with van der Waals surface area (Å²) in [5.41, 5.74) is -3.56. The molecule has 0 aromatic heterocycles. The molecule has 1 aliphatic rings. The third-order valence-corrected chi connectivity index (χ3v) is 3.49. The van der Waals surface area contributed by atoms with E-state index in [4.69, 9.17) is 0 Å². The highest BCUT2D eigenvalue weighted by molar-refractivity contribution is 8.00. The van der Waals surface area contributed by atoms with Crippen molar-refractivity contribution in [3.8, 4) is 0 Å². The lowest BCUT2D eigenvalue weighted by atomic mass is 10.0. The normalized spacial score (nSPS) is 18.1. The summed E-state index contributed by atoms with van der Waals surface area (Å²) in [7, 11) is 0. The van der Waals surface area contributed by atoms with Gasteiger partial charge in [0.15, 0.2) is 0 Å². The standard InChI is InChI=1S/C12H13F3OS/c13-12(14,15)17-10-5-3-9(4-6-10)11(16)7-8-1-2-8/h3-6,8,11,16H,1-2,7H2. The first-order valence-corrected chi connectivity index (χ1v) is 6.29. The zero-order valence-electron chi connectivity index (χ0n) is 9.07. The highest BCUT2D eigenvalue weighted by atomic mass is 32.2. The molecule has 0 radical (unpaired) electrons. The fraction of sp³-hybridized carbons (Fsp3) is 0.500. The van der Waals surface area contributed by atoms with Gasteiger partial charge in [0, 0.05) is 4.90 Å². The smallest absolute Gasteiger partial charge is 0.388 e. The van der Waals surface area contributed by atoms with E-state index in [0.717, 1.165) is 12.8 Å². The summed E-state index contributed by atoms with van der Waals surface area (Å²) < 4.78 is 36.3. The minimum Gasteiger partial charge on any atom is -0.388 e. The van der Waals surface area contributed by atoms with Gasteiger partial charge < -0.3 is 5.11 Å². The molecule has 1 nitrogen and oxygen atoms in total. The maximum absolute atomic E-state index is 12.1. The van der Waals surface area contributed by atoms with E-state index in [1.165, 1.54) is 12.1 Å². The third-order valence-electron chi connectivity index (χ3n) is 2.75. The Morgan fingerprint density at radius 3 is 2.29 bits per heavy atom. The maximum Gasteiger partial charge on any atom is 0.446 e. The average molecular weight is 262 g/mol. The molecule has 17 heavy (non-hydrogen) atoms. The van der Waals surface area contributed by atoms with Crippen LogP contribution in [0.3, 0.4) is 0 Å². The van der Waals surface area contributed by atoms with E-state index in [1.54, 1.807) is 12.1 Å². The van der Waals surface area contributed by atoms with Crippen LogP contribution in [-0.4, -0.2) is 10.6 Å². The zero-order chi connectivity index (χ0) is 12.5. The van der Waals surface area contributed by atoms with Gasteiger partial charge in [-0.05, 0) is 41.8 Å². The fourth-order valence-electron chi connectivity index (χ4n) is 1.70. The predicted octanol–water partition coefficient (Wildman–Crippen LogP) is 4.13. The Bertz CT molecular complexity index is 370. The second kappa shape index (κ2) is 4.90. The van der Waals surface area contributed by atoms with Gasteiger partial charge in [-0.3, -0.25) is 0 Å². The number of rotatable bonds is 4. The van der Waals surface area contributed by atoms with E-state index in [0.29, 0.717) is 17.9 Å². The minimum absolute atomic E-state index is 0.134. The van der Waals surface area contributed by atoms with Gasteiger partial charge in [0.2, 0.25) is 0 Å². The van der Waals surface area contributed by atoms with Crippen LogP contribution in [0.25, 0.3) is 0 Å². The third kappa shape index (κ3) is 4.24. The van der Waals surface area contributed by atoms with Crippen LogP contribution in [0.4, 0.5) is 13.2 Å². The Kier molecular flexibility index (Phi) is 3.68. The topological polar surface area (TPSA) is 20.2 Å². The largest absolute Gasteiger partial charge is 0.446 e. The molecule has 1 N–H and O–H groups in total. The molecule has 1 unspecified atom stereocenters. The number of hydrogen-bond donors (Lipinski definition) is 1. The molecular formula is C12H13F3OS. The van der Waals surface area contributed by atoms with Crippen molar-refractivity contribution in [1.82, 2.24) is 0 Å². The number of hydrogen-bond acceptors (Lipinski definition) is 2. The van der Waals surface area contributed by atoms with E-state index in [2.05, 4.69) is 0 Å². The highest BCUT2D eigenvalue weighted by Gasteiger charge is 2.29. The van der Waals surface area contributed by atoms with Gasteiger partial charge in [-0.25, -0.2) is 0 Å². The van der Waals surface area contributed by atoms with Crippen molar-refractivity contribution in [2.45, 2.75) is 35.8 Å². The number of aliphatic hydroxyl groups is 1. The molecule has 0 amide bonds. The van der Waals surface area contributed by atoms with Gasteiger partial charge in [0.05, 0.1) is 6.10 Å². The molecule has 0 aliphatic heterocycles. The van der Waals surface area contributed by atoms with Crippen molar-refractivity contribution in [2.75, 3.05) is 0 Å². The van der Waals surface area contributed by atoms with Gasteiger partial charge in [-0.2, -0.15) is 13.2 Å². The highest BCUT2D eigenvalue weighted by Crippen LogP contribution is 2.39. The summed E-state index contributed by atoms with van der Waals surface area (Å²) in [6.45, 7) is 0. The summed E-state index contributed by atoms with van der Waals surface area (Å²) in [5.74, 6) is 0.592. The minimum atomic E-state index is -4.26. The summed E-state index contributed by atoms with van der Waals surface area (Å²) in [4.78, 5) is 0.153. The number of alkyl halides is 3. The fourth-order valence-corrected chi connectivity index (χ4v) is 2.24. The molecule has 1 aromatic carbocycles. The van der Waals surface area contributed by atoms with Crippen molar-refractivity contribution < 1.29 is 18.3 Å². The first-order chi connectivity index (χ1) is 7.94. The Balaban J connectivity index is 1.96. The molecule has 5 heteroatoms. The number of aliphatic hydroxyl groups excluding tert-OH is 1. The summed E-state index contributed by atoms with van der Waals surface area (Å²) in [6, 6.07) is 5.95. The lowest BCUT2D eigenvalue weighted by Gasteiger charge is -2.11. The first-order valence-electron chi connectivity index (χ1n) is 5.48. The van der Waals surface area contributed by atoms with Crippen LogP contribution < -0.4 is 0 Å². The summed E-state index contributed by atoms with van der Waals surface area (Å²) in [5, 5.41) is 9.83. The van der Waals surface area contributed by atoms with Crippen LogP contribution in [0.15, 0.2) is 29.2 Å². The molecule has 0 heterocycles. The van der Waals surface area contributed by atoms with Crippen LogP contribution in [0.1, 0.15) is 30.9 Å². The summed E-state index contributed by atoms with van der Waals surface area (Å²) in [6.07, 6.45) is 2.47. The molecule has 1 atom stereocenters. The van der Waals surface area contributed by atoms with Gasteiger partial charge >= 0.3 is 5.51 Å².